The molecule has 1 aromatic heterocycles. The van der Waals surface area contributed by atoms with Crippen molar-refractivity contribution in [2.45, 2.75) is 32.9 Å². The molecule has 4 heteroatoms. The molecule has 2 heterocycles. The van der Waals surface area contributed by atoms with Gasteiger partial charge in [0.1, 0.15) is 6.33 Å². The first-order valence-corrected chi connectivity index (χ1v) is 4.41. The van der Waals surface area contributed by atoms with Gasteiger partial charge in [-0.25, -0.2) is 0 Å². The van der Waals surface area contributed by atoms with Crippen molar-refractivity contribution >= 4 is 5.95 Å². The van der Waals surface area contributed by atoms with Crippen LogP contribution in [-0.2, 0) is 6.54 Å². The van der Waals surface area contributed by atoms with Crippen molar-refractivity contribution in [3.8, 4) is 0 Å². The summed E-state index contributed by atoms with van der Waals surface area (Å²) in [6.45, 7) is 5.49. The first-order valence-electron chi connectivity index (χ1n) is 4.41. The second kappa shape index (κ2) is 2.77. The minimum Gasteiger partial charge on any atom is -0.351 e. The molecule has 1 atom stereocenters. The maximum atomic E-state index is 3.99. The lowest BCUT2D eigenvalue weighted by Gasteiger charge is -2.27. The lowest BCUT2D eigenvalue weighted by Crippen LogP contribution is -2.32. The molecule has 0 fully saturated rings. The van der Waals surface area contributed by atoms with Crippen LogP contribution in [0.4, 0.5) is 5.95 Å². The Morgan fingerprint density at radius 2 is 2.50 bits per heavy atom. The van der Waals surface area contributed by atoms with Gasteiger partial charge in [0, 0.05) is 12.6 Å². The van der Waals surface area contributed by atoms with Crippen LogP contribution >= 0.6 is 0 Å². The van der Waals surface area contributed by atoms with Gasteiger partial charge in [-0.05, 0) is 12.3 Å². The Kier molecular flexibility index (Phi) is 1.75. The minimum atomic E-state index is 0.557. The Hall–Kier alpha value is -1.06. The van der Waals surface area contributed by atoms with Crippen LogP contribution in [0.2, 0.25) is 0 Å². The van der Waals surface area contributed by atoms with E-state index in [0.29, 0.717) is 12.0 Å². The molecule has 0 spiro atoms. The zero-order valence-corrected chi connectivity index (χ0v) is 7.49. The van der Waals surface area contributed by atoms with Crippen LogP contribution in [0.25, 0.3) is 0 Å². The molecule has 4 nitrogen and oxygen atoms in total. The lowest BCUT2D eigenvalue weighted by molar-refractivity contribution is 0.433. The van der Waals surface area contributed by atoms with E-state index in [0.717, 1.165) is 12.5 Å². The van der Waals surface area contributed by atoms with Gasteiger partial charge in [-0.2, -0.15) is 0 Å². The third-order valence-corrected chi connectivity index (χ3v) is 2.42. The average Bonchev–Trinajstić information content (AvgIpc) is 2.49. The molecule has 66 valence electrons. The van der Waals surface area contributed by atoms with E-state index in [1.165, 1.54) is 6.42 Å². The van der Waals surface area contributed by atoms with Crippen molar-refractivity contribution in [3.05, 3.63) is 6.33 Å². The molecule has 0 saturated carbocycles. The van der Waals surface area contributed by atoms with Crippen LogP contribution in [0.15, 0.2) is 6.33 Å². The highest BCUT2D eigenvalue weighted by atomic mass is 15.3. The Morgan fingerprint density at radius 3 is 3.25 bits per heavy atom. The minimum absolute atomic E-state index is 0.557. The van der Waals surface area contributed by atoms with Crippen LogP contribution < -0.4 is 5.32 Å². The number of anilines is 1. The fourth-order valence-electron chi connectivity index (χ4n) is 1.55. The molecular weight excluding hydrogens is 152 g/mol. The number of hydrogen-bond donors (Lipinski definition) is 1. The molecule has 1 N–H and O–H groups in total. The number of hydrogen-bond acceptors (Lipinski definition) is 3. The third kappa shape index (κ3) is 1.17. The van der Waals surface area contributed by atoms with Crippen LogP contribution in [0.5, 0.6) is 0 Å². The first kappa shape index (κ1) is 7.58. The predicted molar refractivity (Wildman–Crippen MR) is 46.9 cm³/mol. The monoisotopic (exact) mass is 166 g/mol. The van der Waals surface area contributed by atoms with Gasteiger partial charge >= 0.3 is 0 Å². The Morgan fingerprint density at radius 1 is 1.67 bits per heavy atom. The Labute approximate surface area is 72.0 Å². The van der Waals surface area contributed by atoms with Crippen LogP contribution in [0.1, 0.15) is 20.3 Å². The maximum Gasteiger partial charge on any atom is 0.224 e. The number of aromatic nitrogens is 3. The van der Waals surface area contributed by atoms with Crippen molar-refractivity contribution in [2.75, 3.05) is 5.32 Å². The molecule has 0 bridgehead atoms. The van der Waals surface area contributed by atoms with Crippen molar-refractivity contribution < 1.29 is 0 Å². The van der Waals surface area contributed by atoms with Crippen molar-refractivity contribution in [3.63, 3.8) is 0 Å². The summed E-state index contributed by atoms with van der Waals surface area (Å²) in [5, 5.41) is 11.2. The summed E-state index contributed by atoms with van der Waals surface area (Å²) in [5.74, 6) is 1.58. The second-order valence-corrected chi connectivity index (χ2v) is 3.63. The van der Waals surface area contributed by atoms with E-state index >= 15 is 0 Å². The number of rotatable bonds is 1. The second-order valence-electron chi connectivity index (χ2n) is 3.63. The molecule has 1 aliphatic heterocycles. The highest BCUT2D eigenvalue weighted by Crippen LogP contribution is 2.19. The van der Waals surface area contributed by atoms with E-state index in [1.807, 2.05) is 0 Å². The van der Waals surface area contributed by atoms with Crippen LogP contribution in [0, 0.1) is 5.92 Å². The summed E-state index contributed by atoms with van der Waals surface area (Å²) >= 11 is 0. The molecule has 2 rings (SSSR count). The summed E-state index contributed by atoms with van der Waals surface area (Å²) in [7, 11) is 0. The van der Waals surface area contributed by atoms with Gasteiger partial charge in [-0.15, -0.1) is 10.2 Å². The Balaban J connectivity index is 2.15. The number of nitrogens with zero attached hydrogens (tertiary/aromatic N) is 3. The molecule has 0 amide bonds. The zero-order valence-electron chi connectivity index (χ0n) is 7.49. The highest BCUT2D eigenvalue weighted by molar-refractivity contribution is 5.27. The topological polar surface area (TPSA) is 42.7 Å². The van der Waals surface area contributed by atoms with E-state index in [2.05, 4.69) is 33.9 Å². The van der Waals surface area contributed by atoms with Gasteiger partial charge in [-0.3, -0.25) is 4.57 Å². The molecule has 1 aromatic rings. The summed E-state index contributed by atoms with van der Waals surface area (Å²) in [6, 6.07) is 0.557. The zero-order chi connectivity index (χ0) is 8.55. The third-order valence-electron chi connectivity index (χ3n) is 2.42. The van der Waals surface area contributed by atoms with Gasteiger partial charge in [-0.1, -0.05) is 13.8 Å². The van der Waals surface area contributed by atoms with Crippen molar-refractivity contribution in [2.24, 2.45) is 5.92 Å². The predicted octanol–water partition coefficient (Wildman–Crippen LogP) is 1.12. The summed E-state index contributed by atoms with van der Waals surface area (Å²) in [5.41, 5.74) is 0. The van der Waals surface area contributed by atoms with E-state index in [9.17, 15) is 0 Å². The van der Waals surface area contributed by atoms with E-state index in [-0.39, 0.29) is 0 Å². The molecule has 1 unspecified atom stereocenters. The molecule has 0 radical (unpaired) electrons. The standard InChI is InChI=1S/C8H14N4/c1-6(2)7-3-4-12-5-9-11-8(12)10-7/h5-7H,3-4H2,1-2H3,(H,10,11). The van der Waals surface area contributed by atoms with Crippen LogP contribution in [0.3, 0.4) is 0 Å². The van der Waals surface area contributed by atoms with Gasteiger partial charge in [0.05, 0.1) is 0 Å². The fraction of sp³-hybridized carbons (Fsp3) is 0.750. The SMILES string of the molecule is CC(C)C1CCn2cnnc2N1. The van der Waals surface area contributed by atoms with Crippen LogP contribution in [-0.4, -0.2) is 20.8 Å². The van der Waals surface area contributed by atoms with Gasteiger partial charge in [0.25, 0.3) is 0 Å². The number of fused-ring (bicyclic) bond motifs is 1. The Bertz CT molecular complexity index is 266. The normalized spacial score (nSPS) is 22.1. The van der Waals surface area contributed by atoms with Gasteiger partial charge in [0.2, 0.25) is 5.95 Å². The van der Waals surface area contributed by atoms with E-state index < -0.39 is 0 Å². The first-order chi connectivity index (χ1) is 5.77. The summed E-state index contributed by atoms with van der Waals surface area (Å²) in [6.07, 6.45) is 2.95. The number of nitrogens with one attached hydrogen (secondary N) is 1. The maximum absolute atomic E-state index is 3.99. The van der Waals surface area contributed by atoms with E-state index in [4.69, 9.17) is 0 Å². The van der Waals surface area contributed by atoms with Crippen molar-refractivity contribution in [1.82, 2.24) is 14.8 Å². The largest absolute Gasteiger partial charge is 0.351 e. The van der Waals surface area contributed by atoms with Gasteiger partial charge in [0.15, 0.2) is 0 Å². The summed E-state index contributed by atoms with van der Waals surface area (Å²) < 4.78 is 2.05. The molecular formula is C8H14N4. The quantitative estimate of drug-likeness (QED) is 0.679. The molecule has 0 aliphatic carbocycles. The van der Waals surface area contributed by atoms with Gasteiger partial charge < -0.3 is 5.32 Å². The number of aryl methyl sites for hydroxylation is 1. The highest BCUT2D eigenvalue weighted by Gasteiger charge is 2.20. The lowest BCUT2D eigenvalue weighted by atomic mass is 10.0. The fourth-order valence-corrected chi connectivity index (χ4v) is 1.55. The van der Waals surface area contributed by atoms with Crippen molar-refractivity contribution in [1.29, 1.82) is 0 Å². The molecule has 0 saturated heterocycles. The summed E-state index contributed by atoms with van der Waals surface area (Å²) in [4.78, 5) is 0. The smallest absolute Gasteiger partial charge is 0.224 e. The molecule has 0 aromatic carbocycles. The molecule has 12 heavy (non-hydrogen) atoms. The molecule has 1 aliphatic rings. The average molecular weight is 166 g/mol. The van der Waals surface area contributed by atoms with E-state index in [1.54, 1.807) is 6.33 Å².